The number of alkyl halides is 2. The Morgan fingerprint density at radius 1 is 1.14 bits per heavy atom. The van der Waals surface area contributed by atoms with E-state index in [1.165, 1.54) is 35.3 Å². The Balaban J connectivity index is 1.94. The molecule has 0 amide bonds. The summed E-state index contributed by atoms with van der Waals surface area (Å²) in [7, 11) is 0. The number of imidazole rings is 2. The Morgan fingerprint density at radius 3 is 2.64 bits per heavy atom. The van der Waals surface area contributed by atoms with E-state index in [0.717, 1.165) is 0 Å². The minimum Gasteiger partial charge on any atom is -0.362 e. The van der Waals surface area contributed by atoms with Crippen molar-refractivity contribution < 1.29 is 13.2 Å². The molecule has 0 bridgehead atoms. The van der Waals surface area contributed by atoms with E-state index >= 15 is 0 Å². The zero-order valence-electron chi connectivity index (χ0n) is 14.2. The van der Waals surface area contributed by atoms with E-state index in [1.54, 1.807) is 22.7 Å². The molecule has 1 aromatic carbocycles. The van der Waals surface area contributed by atoms with Gasteiger partial charge in [-0.3, -0.25) is 0 Å². The van der Waals surface area contributed by atoms with Crippen molar-refractivity contribution in [3.05, 3.63) is 71.3 Å². The minimum atomic E-state index is -2.59. The molecule has 28 heavy (non-hydrogen) atoms. The first kappa shape index (κ1) is 18.1. The Hall–Kier alpha value is -3.31. The molecule has 0 aliphatic carbocycles. The van der Waals surface area contributed by atoms with E-state index in [2.05, 4.69) is 14.8 Å². The molecule has 140 valence electrons. The quantitative estimate of drug-likeness (QED) is 0.425. The number of rotatable bonds is 4. The highest BCUT2D eigenvalue weighted by Gasteiger charge is 2.20. The van der Waals surface area contributed by atoms with Gasteiger partial charge in [0.05, 0.1) is 41.7 Å². The van der Waals surface area contributed by atoms with Crippen LogP contribution in [0.4, 0.5) is 19.0 Å². The average Bonchev–Trinajstić information content (AvgIpc) is 3.26. The highest BCUT2D eigenvalue weighted by molar-refractivity contribution is 6.31. The maximum atomic E-state index is 13.5. The molecule has 5 nitrogen and oxygen atoms in total. The van der Waals surface area contributed by atoms with Gasteiger partial charge in [-0.15, -0.1) is 0 Å². The molecule has 9 heteroatoms. The van der Waals surface area contributed by atoms with Gasteiger partial charge >= 0.3 is 0 Å². The number of halogens is 4. The van der Waals surface area contributed by atoms with Crippen LogP contribution in [0, 0.1) is 12.4 Å². The van der Waals surface area contributed by atoms with Gasteiger partial charge in [0, 0.05) is 17.2 Å². The summed E-state index contributed by atoms with van der Waals surface area (Å²) >= 11 is 5.88. The van der Waals surface area contributed by atoms with E-state index in [-0.39, 0.29) is 5.02 Å². The number of aromatic nitrogens is 4. The molecule has 0 unspecified atom stereocenters. The van der Waals surface area contributed by atoms with Crippen molar-refractivity contribution in [2.24, 2.45) is 0 Å². The van der Waals surface area contributed by atoms with Crippen LogP contribution >= 0.6 is 11.6 Å². The molecular formula is C19H11ClF3N5. The molecule has 0 saturated heterocycles. The molecule has 4 rings (SSSR count). The molecule has 3 aromatic heterocycles. The lowest BCUT2D eigenvalue weighted by molar-refractivity contribution is 0.127. The number of nitrogens with zero attached hydrogens (tertiary/aromatic N) is 5. The van der Waals surface area contributed by atoms with Gasteiger partial charge in [-0.2, -0.15) is 0 Å². The van der Waals surface area contributed by atoms with Crippen molar-refractivity contribution in [1.82, 2.24) is 18.9 Å². The first-order valence-corrected chi connectivity index (χ1v) is 8.49. The van der Waals surface area contributed by atoms with E-state index in [1.807, 2.05) is 0 Å². The Morgan fingerprint density at radius 2 is 1.93 bits per heavy atom. The zero-order chi connectivity index (χ0) is 19.8. The number of pyridine rings is 1. The topological polar surface area (TPSA) is 39.5 Å². The van der Waals surface area contributed by atoms with Crippen LogP contribution in [0.3, 0.4) is 0 Å². The summed E-state index contributed by atoms with van der Waals surface area (Å²) in [5.41, 5.74) is 2.40. The van der Waals surface area contributed by atoms with Gasteiger partial charge in [0.15, 0.2) is 0 Å². The van der Waals surface area contributed by atoms with E-state index in [4.69, 9.17) is 18.2 Å². The Labute approximate surface area is 162 Å². The molecule has 0 N–H and O–H groups in total. The molecule has 0 spiro atoms. The van der Waals surface area contributed by atoms with Crippen LogP contribution in [0.15, 0.2) is 49.1 Å². The lowest BCUT2D eigenvalue weighted by Gasteiger charge is -2.10. The zero-order valence-corrected chi connectivity index (χ0v) is 14.9. The van der Waals surface area contributed by atoms with Gasteiger partial charge < -0.3 is 9.41 Å². The summed E-state index contributed by atoms with van der Waals surface area (Å²) < 4.78 is 42.6. The van der Waals surface area contributed by atoms with Gasteiger partial charge in [-0.25, -0.2) is 27.5 Å². The van der Waals surface area contributed by atoms with Crippen LogP contribution in [-0.2, 0) is 6.54 Å². The van der Waals surface area contributed by atoms with Crippen LogP contribution < -0.4 is 0 Å². The summed E-state index contributed by atoms with van der Waals surface area (Å²) in [6.45, 7) is 6.68. The second kappa shape index (κ2) is 7.02. The van der Waals surface area contributed by atoms with Gasteiger partial charge in [-0.05, 0) is 24.3 Å². The fourth-order valence-electron chi connectivity index (χ4n) is 3.02. The second-order valence-corrected chi connectivity index (χ2v) is 6.40. The molecule has 0 fully saturated rings. The van der Waals surface area contributed by atoms with Crippen LogP contribution in [0.2, 0.25) is 5.02 Å². The van der Waals surface area contributed by atoms with Crippen molar-refractivity contribution in [3.8, 4) is 22.5 Å². The van der Waals surface area contributed by atoms with Crippen LogP contribution in [0.5, 0.6) is 0 Å². The molecule has 0 saturated carbocycles. The third-order valence-electron chi connectivity index (χ3n) is 4.24. The smallest absolute Gasteiger partial charge is 0.256 e. The number of benzene rings is 1. The highest BCUT2D eigenvalue weighted by Crippen LogP contribution is 2.34. The normalized spacial score (nSPS) is 11.3. The Kier molecular flexibility index (Phi) is 4.53. The number of hydrogen-bond donors (Lipinski definition) is 0. The lowest BCUT2D eigenvalue weighted by atomic mass is 10.1. The van der Waals surface area contributed by atoms with Crippen LogP contribution in [0.25, 0.3) is 33.0 Å². The molecule has 0 atom stereocenters. The van der Waals surface area contributed by atoms with Crippen molar-refractivity contribution in [2.75, 3.05) is 0 Å². The van der Waals surface area contributed by atoms with E-state index < -0.39 is 18.8 Å². The van der Waals surface area contributed by atoms with Gasteiger partial charge in [-0.1, -0.05) is 18.2 Å². The third kappa shape index (κ3) is 3.10. The summed E-state index contributed by atoms with van der Waals surface area (Å²) in [6, 6.07) is 7.48. The standard InChI is InChI=1S/C19H11ClF3N5/c1-24-17-7-25-16-5-3-12(8-28(16)17)19-18(26-10-27(19)9-15(22)23)11-2-4-14(21)13(20)6-11/h2-8,10,15H,9H2. The van der Waals surface area contributed by atoms with Crippen LogP contribution in [-0.4, -0.2) is 25.4 Å². The fraction of sp³-hybridized carbons (Fsp3) is 0.105. The van der Waals surface area contributed by atoms with Gasteiger partial charge in [0.1, 0.15) is 5.82 Å². The van der Waals surface area contributed by atoms with Crippen molar-refractivity contribution in [1.29, 1.82) is 0 Å². The summed E-state index contributed by atoms with van der Waals surface area (Å²) in [5, 5.41) is -0.0905. The van der Waals surface area contributed by atoms with E-state index in [9.17, 15) is 13.2 Å². The summed E-state index contributed by atoms with van der Waals surface area (Å²) in [6.07, 6.45) is 1.79. The maximum absolute atomic E-state index is 13.5. The second-order valence-electron chi connectivity index (χ2n) is 5.99. The summed E-state index contributed by atoms with van der Waals surface area (Å²) in [4.78, 5) is 11.8. The molecular weight excluding hydrogens is 391 g/mol. The number of fused-ring (bicyclic) bond motifs is 1. The maximum Gasteiger partial charge on any atom is 0.256 e. The first-order valence-electron chi connectivity index (χ1n) is 8.11. The van der Waals surface area contributed by atoms with Crippen molar-refractivity contribution in [2.45, 2.75) is 13.0 Å². The van der Waals surface area contributed by atoms with Crippen molar-refractivity contribution in [3.63, 3.8) is 0 Å². The van der Waals surface area contributed by atoms with E-state index in [0.29, 0.717) is 34.0 Å². The van der Waals surface area contributed by atoms with Gasteiger partial charge in [0.25, 0.3) is 12.2 Å². The summed E-state index contributed by atoms with van der Waals surface area (Å²) in [5.74, 6) is -0.288. The molecule has 4 aromatic rings. The molecule has 0 radical (unpaired) electrons. The minimum absolute atomic E-state index is 0.0905. The van der Waals surface area contributed by atoms with Crippen molar-refractivity contribution >= 4 is 23.1 Å². The number of hydrogen-bond acceptors (Lipinski definition) is 2. The predicted molar refractivity (Wildman–Crippen MR) is 99.1 cm³/mol. The molecule has 0 aliphatic rings. The first-order chi connectivity index (χ1) is 13.5. The molecule has 3 heterocycles. The fourth-order valence-corrected chi connectivity index (χ4v) is 3.20. The SMILES string of the molecule is [C-]#[N+]c1cnc2ccc(-c3c(-c4ccc(F)c(Cl)c4)ncn3CC(F)F)cn12. The lowest BCUT2D eigenvalue weighted by Crippen LogP contribution is -2.07. The van der Waals surface area contributed by atoms with Gasteiger partial charge in [0.2, 0.25) is 5.65 Å². The predicted octanol–water partition coefficient (Wildman–Crippen LogP) is 5.47. The van der Waals surface area contributed by atoms with Crippen LogP contribution in [0.1, 0.15) is 0 Å². The third-order valence-corrected chi connectivity index (χ3v) is 4.53. The molecule has 0 aliphatic heterocycles. The average molecular weight is 402 g/mol. The largest absolute Gasteiger partial charge is 0.362 e. The highest BCUT2D eigenvalue weighted by atomic mass is 35.5. The monoisotopic (exact) mass is 401 g/mol. The Bertz CT molecular complexity index is 1220.